The monoisotopic (exact) mass is 379 g/mol. The minimum atomic E-state index is -0.278. The zero-order valence-electron chi connectivity index (χ0n) is 11.0. The lowest BCUT2D eigenvalue weighted by molar-refractivity contribution is 0.875. The van der Waals surface area contributed by atoms with E-state index in [1.165, 1.54) is 0 Å². The highest BCUT2D eigenvalue weighted by molar-refractivity contribution is 9.10. The van der Waals surface area contributed by atoms with E-state index in [0.29, 0.717) is 5.02 Å². The summed E-state index contributed by atoms with van der Waals surface area (Å²) in [5.41, 5.74) is 8.45. The van der Waals surface area contributed by atoms with Crippen LogP contribution in [0.3, 0.4) is 0 Å². The van der Waals surface area contributed by atoms with Gasteiger partial charge in [0, 0.05) is 19.9 Å². The van der Waals surface area contributed by atoms with Gasteiger partial charge in [-0.25, -0.2) is 0 Å². The van der Waals surface area contributed by atoms with Crippen molar-refractivity contribution in [3.63, 3.8) is 0 Å². The maximum atomic E-state index is 6.47. The molecule has 0 heterocycles. The van der Waals surface area contributed by atoms with Crippen LogP contribution in [-0.2, 0) is 0 Å². The summed E-state index contributed by atoms with van der Waals surface area (Å²) >= 11 is 15.9. The number of halogens is 3. The molecule has 1 atom stereocenters. The summed E-state index contributed by atoms with van der Waals surface area (Å²) in [6, 6.07) is 17.2. The third kappa shape index (κ3) is 2.82. The van der Waals surface area contributed by atoms with E-state index < -0.39 is 0 Å². The molecule has 106 valence electrons. The minimum Gasteiger partial charge on any atom is -0.320 e. The molecule has 0 radical (unpaired) electrons. The van der Waals surface area contributed by atoms with Crippen molar-refractivity contribution in [2.45, 2.75) is 6.04 Å². The second-order valence-corrected chi connectivity index (χ2v) is 6.52. The van der Waals surface area contributed by atoms with Crippen LogP contribution in [0.15, 0.2) is 59.1 Å². The molecule has 3 aromatic rings. The predicted molar refractivity (Wildman–Crippen MR) is 94.1 cm³/mol. The van der Waals surface area contributed by atoms with Gasteiger partial charge in [-0.05, 0) is 40.8 Å². The zero-order chi connectivity index (χ0) is 15.0. The van der Waals surface area contributed by atoms with Crippen LogP contribution >= 0.6 is 39.1 Å². The van der Waals surface area contributed by atoms with Gasteiger partial charge in [0.1, 0.15) is 0 Å². The van der Waals surface area contributed by atoms with E-state index in [9.17, 15) is 0 Å². The predicted octanol–water partition coefficient (Wildman–Crippen LogP) is 5.96. The number of nitrogens with two attached hydrogens (primary N) is 1. The minimum absolute atomic E-state index is 0.278. The van der Waals surface area contributed by atoms with Crippen LogP contribution in [0.1, 0.15) is 17.2 Å². The molecule has 0 saturated carbocycles. The second-order valence-electron chi connectivity index (χ2n) is 4.83. The molecular weight excluding hydrogens is 369 g/mol. The summed E-state index contributed by atoms with van der Waals surface area (Å²) in [5.74, 6) is 0. The molecular formula is C17H12BrCl2N. The van der Waals surface area contributed by atoms with E-state index in [-0.39, 0.29) is 6.04 Å². The Morgan fingerprint density at radius 1 is 0.857 bits per heavy atom. The number of hydrogen-bond donors (Lipinski definition) is 1. The van der Waals surface area contributed by atoms with Crippen molar-refractivity contribution in [1.82, 2.24) is 0 Å². The Hall–Kier alpha value is -1.06. The maximum Gasteiger partial charge on any atom is 0.0569 e. The van der Waals surface area contributed by atoms with Gasteiger partial charge in [0.05, 0.1) is 6.04 Å². The first-order valence-electron chi connectivity index (χ1n) is 6.45. The first kappa shape index (κ1) is 14.9. The molecule has 4 heteroatoms. The van der Waals surface area contributed by atoms with Crippen molar-refractivity contribution in [2.75, 3.05) is 0 Å². The Morgan fingerprint density at radius 2 is 1.57 bits per heavy atom. The lowest BCUT2D eigenvalue weighted by Crippen LogP contribution is -2.13. The average molecular weight is 381 g/mol. The van der Waals surface area contributed by atoms with Crippen LogP contribution in [0.4, 0.5) is 0 Å². The molecule has 0 spiro atoms. The van der Waals surface area contributed by atoms with Gasteiger partial charge in [-0.3, -0.25) is 0 Å². The average Bonchev–Trinajstić information content (AvgIpc) is 2.50. The first-order chi connectivity index (χ1) is 10.1. The standard InChI is InChI=1S/C17H12BrCl2N/c18-15-7-5-10(19)9-14(15)17(21)13-6-8-16(20)12-4-2-1-3-11(12)13/h1-9,17H,21H2. The summed E-state index contributed by atoms with van der Waals surface area (Å²) in [4.78, 5) is 0. The molecule has 0 aliphatic rings. The highest BCUT2D eigenvalue weighted by Crippen LogP contribution is 2.35. The topological polar surface area (TPSA) is 26.0 Å². The van der Waals surface area contributed by atoms with Crippen molar-refractivity contribution >= 4 is 49.9 Å². The number of fused-ring (bicyclic) bond motifs is 1. The Kier molecular flexibility index (Phi) is 4.23. The molecule has 0 aliphatic carbocycles. The van der Waals surface area contributed by atoms with Crippen molar-refractivity contribution < 1.29 is 0 Å². The van der Waals surface area contributed by atoms with E-state index in [4.69, 9.17) is 28.9 Å². The van der Waals surface area contributed by atoms with E-state index in [1.807, 2.05) is 54.6 Å². The molecule has 0 fully saturated rings. The molecule has 0 aromatic heterocycles. The Balaban J connectivity index is 2.20. The summed E-state index contributed by atoms with van der Waals surface area (Å²) in [6.07, 6.45) is 0. The fourth-order valence-corrected chi connectivity index (χ4v) is 3.38. The Morgan fingerprint density at radius 3 is 2.33 bits per heavy atom. The smallest absolute Gasteiger partial charge is 0.0569 e. The van der Waals surface area contributed by atoms with Gasteiger partial charge in [-0.2, -0.15) is 0 Å². The van der Waals surface area contributed by atoms with Gasteiger partial charge in [-0.1, -0.05) is 69.5 Å². The van der Waals surface area contributed by atoms with Crippen LogP contribution in [-0.4, -0.2) is 0 Å². The summed E-state index contributed by atoms with van der Waals surface area (Å²) in [5, 5.41) is 3.46. The van der Waals surface area contributed by atoms with Crippen LogP contribution in [0.25, 0.3) is 10.8 Å². The fourth-order valence-electron chi connectivity index (χ4n) is 2.48. The van der Waals surface area contributed by atoms with Gasteiger partial charge in [0.15, 0.2) is 0 Å². The SMILES string of the molecule is NC(c1cc(Cl)ccc1Br)c1ccc(Cl)c2ccccc12. The number of hydrogen-bond acceptors (Lipinski definition) is 1. The molecule has 21 heavy (non-hydrogen) atoms. The molecule has 0 saturated heterocycles. The Labute approximate surface area is 141 Å². The van der Waals surface area contributed by atoms with Gasteiger partial charge in [0.2, 0.25) is 0 Å². The van der Waals surface area contributed by atoms with Crippen molar-refractivity contribution in [2.24, 2.45) is 5.73 Å². The normalized spacial score (nSPS) is 12.6. The van der Waals surface area contributed by atoms with Crippen LogP contribution in [0, 0.1) is 0 Å². The number of rotatable bonds is 2. The third-order valence-electron chi connectivity index (χ3n) is 3.53. The highest BCUT2D eigenvalue weighted by Gasteiger charge is 2.16. The van der Waals surface area contributed by atoms with Crippen LogP contribution < -0.4 is 5.73 Å². The molecule has 1 unspecified atom stereocenters. The van der Waals surface area contributed by atoms with Gasteiger partial charge >= 0.3 is 0 Å². The summed E-state index contributed by atoms with van der Waals surface area (Å²) in [6.45, 7) is 0. The van der Waals surface area contributed by atoms with Crippen molar-refractivity contribution in [3.8, 4) is 0 Å². The lowest BCUT2D eigenvalue weighted by atomic mass is 9.94. The summed E-state index contributed by atoms with van der Waals surface area (Å²) in [7, 11) is 0. The van der Waals surface area contributed by atoms with Crippen LogP contribution in [0.2, 0.25) is 10.0 Å². The second kappa shape index (κ2) is 5.98. The first-order valence-corrected chi connectivity index (χ1v) is 8.00. The summed E-state index contributed by atoms with van der Waals surface area (Å²) < 4.78 is 0.943. The van der Waals surface area contributed by atoms with Crippen LogP contribution in [0.5, 0.6) is 0 Å². The van der Waals surface area contributed by atoms with Crippen molar-refractivity contribution in [3.05, 3.63) is 80.2 Å². The largest absolute Gasteiger partial charge is 0.320 e. The van der Waals surface area contributed by atoms with Gasteiger partial charge in [-0.15, -0.1) is 0 Å². The molecule has 3 rings (SSSR count). The zero-order valence-corrected chi connectivity index (χ0v) is 14.1. The van der Waals surface area contributed by atoms with E-state index in [2.05, 4.69) is 15.9 Å². The highest BCUT2D eigenvalue weighted by atomic mass is 79.9. The fraction of sp³-hybridized carbons (Fsp3) is 0.0588. The quantitative estimate of drug-likeness (QED) is 0.583. The molecule has 3 aromatic carbocycles. The molecule has 2 N–H and O–H groups in total. The van der Waals surface area contributed by atoms with E-state index in [1.54, 1.807) is 0 Å². The molecule has 0 bridgehead atoms. The lowest BCUT2D eigenvalue weighted by Gasteiger charge is -2.17. The number of benzene rings is 3. The van der Waals surface area contributed by atoms with Gasteiger partial charge < -0.3 is 5.73 Å². The maximum absolute atomic E-state index is 6.47. The molecule has 0 amide bonds. The molecule has 0 aliphatic heterocycles. The van der Waals surface area contributed by atoms with Crippen molar-refractivity contribution in [1.29, 1.82) is 0 Å². The molecule has 1 nitrogen and oxygen atoms in total. The van der Waals surface area contributed by atoms with E-state index in [0.717, 1.165) is 31.4 Å². The Bertz CT molecular complexity index is 817. The third-order valence-corrected chi connectivity index (χ3v) is 4.82. The van der Waals surface area contributed by atoms with E-state index >= 15 is 0 Å². The van der Waals surface area contributed by atoms with Gasteiger partial charge in [0.25, 0.3) is 0 Å².